The maximum Gasteiger partial charge on any atom is 0.165 e. The molecule has 0 atom stereocenters. The Hall–Kier alpha value is -1.72. The van der Waals surface area contributed by atoms with Gasteiger partial charge in [-0.1, -0.05) is 11.6 Å². The van der Waals surface area contributed by atoms with E-state index >= 15 is 0 Å². The van der Waals surface area contributed by atoms with E-state index in [0.29, 0.717) is 23.7 Å². The average molecular weight is 283 g/mol. The van der Waals surface area contributed by atoms with Crippen LogP contribution in [0.4, 0.5) is 4.39 Å². The molecule has 1 aromatic heterocycles. The third-order valence-corrected chi connectivity index (χ3v) is 2.64. The normalized spacial score (nSPS) is 10.5. The van der Waals surface area contributed by atoms with E-state index in [0.717, 1.165) is 0 Å². The molecule has 0 aliphatic rings. The highest BCUT2D eigenvalue weighted by Gasteiger charge is 2.09. The first-order chi connectivity index (χ1) is 9.13. The maximum atomic E-state index is 13.6. The third kappa shape index (κ3) is 3.19. The number of ether oxygens (including phenoxy) is 2. The van der Waals surface area contributed by atoms with Gasteiger partial charge in [0, 0.05) is 12.7 Å². The van der Waals surface area contributed by atoms with E-state index in [4.69, 9.17) is 21.1 Å². The van der Waals surface area contributed by atoms with Gasteiger partial charge >= 0.3 is 0 Å². The lowest BCUT2D eigenvalue weighted by molar-refractivity contribution is 0.181. The van der Waals surface area contributed by atoms with Crippen LogP contribution in [0.1, 0.15) is 5.69 Å². The van der Waals surface area contributed by atoms with Gasteiger partial charge < -0.3 is 9.47 Å². The minimum atomic E-state index is -0.475. The Morgan fingerprint density at radius 1 is 1.21 bits per heavy atom. The zero-order valence-electron chi connectivity index (χ0n) is 10.5. The Morgan fingerprint density at radius 3 is 2.63 bits per heavy atom. The van der Waals surface area contributed by atoms with Gasteiger partial charge in [-0.25, -0.2) is 14.4 Å². The van der Waals surface area contributed by atoms with Crippen molar-refractivity contribution >= 4 is 11.6 Å². The predicted octanol–water partition coefficient (Wildman–Crippen LogP) is 3.09. The molecule has 19 heavy (non-hydrogen) atoms. The fourth-order valence-corrected chi connectivity index (χ4v) is 1.83. The molecule has 0 saturated carbocycles. The number of benzene rings is 1. The molecular weight excluding hydrogens is 271 g/mol. The Morgan fingerprint density at radius 2 is 2.00 bits per heavy atom. The number of halogens is 2. The molecule has 0 amide bonds. The molecule has 0 N–H and O–H groups in total. The van der Waals surface area contributed by atoms with Crippen LogP contribution in [0.15, 0.2) is 24.3 Å². The van der Waals surface area contributed by atoms with Gasteiger partial charge in [0.15, 0.2) is 17.4 Å². The van der Waals surface area contributed by atoms with E-state index in [1.807, 2.05) is 0 Å². The second-order valence-electron chi connectivity index (χ2n) is 3.79. The molecule has 0 spiro atoms. The van der Waals surface area contributed by atoms with Crippen LogP contribution in [0, 0.1) is 5.82 Å². The van der Waals surface area contributed by atoms with Gasteiger partial charge in [0.1, 0.15) is 5.15 Å². The highest BCUT2D eigenvalue weighted by atomic mass is 35.5. The Labute approximate surface area is 115 Å². The standard InChI is InChI=1S/C13H12ClFN2O2/c1-18-7-9-6-12(14)17-13(16-9)8-3-4-11(19-2)10(15)5-8/h3-6H,7H2,1-2H3. The zero-order valence-corrected chi connectivity index (χ0v) is 11.2. The lowest BCUT2D eigenvalue weighted by Crippen LogP contribution is -1.98. The molecule has 2 aromatic rings. The van der Waals surface area contributed by atoms with Crippen molar-refractivity contribution in [3.63, 3.8) is 0 Å². The van der Waals surface area contributed by atoms with E-state index in [-0.39, 0.29) is 10.9 Å². The summed E-state index contributed by atoms with van der Waals surface area (Å²) in [5.74, 6) is 0.0425. The second kappa shape index (κ2) is 5.95. The van der Waals surface area contributed by atoms with Gasteiger partial charge in [-0.3, -0.25) is 0 Å². The first kappa shape index (κ1) is 13.7. The molecule has 0 bridgehead atoms. The molecule has 4 nitrogen and oxygen atoms in total. The quantitative estimate of drug-likeness (QED) is 0.808. The molecule has 6 heteroatoms. The minimum absolute atomic E-state index is 0.169. The van der Waals surface area contributed by atoms with Crippen LogP contribution >= 0.6 is 11.6 Å². The first-order valence-corrected chi connectivity index (χ1v) is 5.88. The van der Waals surface area contributed by atoms with Gasteiger partial charge in [0.2, 0.25) is 0 Å². The summed E-state index contributed by atoms with van der Waals surface area (Å²) in [4.78, 5) is 8.34. The maximum absolute atomic E-state index is 13.6. The Bertz CT molecular complexity index is 593. The van der Waals surface area contributed by atoms with Crippen LogP contribution in [-0.4, -0.2) is 24.2 Å². The molecule has 100 valence electrons. The molecule has 0 unspecified atom stereocenters. The monoisotopic (exact) mass is 282 g/mol. The number of methoxy groups -OCH3 is 2. The summed E-state index contributed by atoms with van der Waals surface area (Å²) >= 11 is 5.91. The minimum Gasteiger partial charge on any atom is -0.494 e. The highest BCUT2D eigenvalue weighted by Crippen LogP contribution is 2.24. The van der Waals surface area contributed by atoms with Crippen LogP contribution in [0.2, 0.25) is 5.15 Å². The predicted molar refractivity (Wildman–Crippen MR) is 69.7 cm³/mol. The first-order valence-electron chi connectivity index (χ1n) is 5.50. The summed E-state index contributed by atoms with van der Waals surface area (Å²) in [6.07, 6.45) is 0. The topological polar surface area (TPSA) is 44.2 Å². The SMILES string of the molecule is COCc1cc(Cl)nc(-c2ccc(OC)c(F)c2)n1. The number of hydrogen-bond acceptors (Lipinski definition) is 4. The van der Waals surface area contributed by atoms with Gasteiger partial charge in [-0.2, -0.15) is 0 Å². The number of hydrogen-bond donors (Lipinski definition) is 0. The van der Waals surface area contributed by atoms with Crippen LogP contribution < -0.4 is 4.74 Å². The second-order valence-corrected chi connectivity index (χ2v) is 4.18. The van der Waals surface area contributed by atoms with Crippen molar-refractivity contribution in [3.05, 3.63) is 40.9 Å². The summed E-state index contributed by atoms with van der Waals surface area (Å²) in [6.45, 7) is 0.313. The van der Waals surface area contributed by atoms with Gasteiger partial charge in [0.05, 0.1) is 19.4 Å². The summed E-state index contributed by atoms with van der Waals surface area (Å²) in [6, 6.07) is 6.10. The average Bonchev–Trinajstić information content (AvgIpc) is 2.38. The van der Waals surface area contributed by atoms with Crippen molar-refractivity contribution in [2.45, 2.75) is 6.61 Å². The Balaban J connectivity index is 2.43. The van der Waals surface area contributed by atoms with Gasteiger partial charge in [-0.05, 0) is 24.3 Å². The molecule has 0 saturated heterocycles. The largest absolute Gasteiger partial charge is 0.494 e. The highest BCUT2D eigenvalue weighted by molar-refractivity contribution is 6.29. The van der Waals surface area contributed by atoms with E-state index in [1.165, 1.54) is 19.2 Å². The number of aromatic nitrogens is 2. The van der Waals surface area contributed by atoms with Crippen LogP contribution in [-0.2, 0) is 11.3 Å². The smallest absolute Gasteiger partial charge is 0.165 e. The van der Waals surface area contributed by atoms with E-state index in [9.17, 15) is 4.39 Å². The number of nitrogens with zero attached hydrogens (tertiary/aromatic N) is 2. The van der Waals surface area contributed by atoms with Crippen molar-refractivity contribution in [1.82, 2.24) is 9.97 Å². The lowest BCUT2D eigenvalue weighted by atomic mass is 10.2. The molecule has 2 rings (SSSR count). The van der Waals surface area contributed by atoms with Crippen molar-refractivity contribution < 1.29 is 13.9 Å². The summed E-state index contributed by atoms with van der Waals surface area (Å²) in [5.41, 5.74) is 1.16. The lowest BCUT2D eigenvalue weighted by Gasteiger charge is -2.06. The molecule has 1 heterocycles. The molecule has 0 aliphatic heterocycles. The summed E-state index contributed by atoms with van der Waals surface area (Å²) < 4.78 is 23.5. The fourth-order valence-electron chi connectivity index (χ4n) is 1.62. The molecule has 0 aliphatic carbocycles. The summed E-state index contributed by atoms with van der Waals surface area (Å²) in [5, 5.41) is 0.285. The van der Waals surface area contributed by atoms with Gasteiger partial charge in [-0.15, -0.1) is 0 Å². The van der Waals surface area contributed by atoms with Crippen LogP contribution in [0.5, 0.6) is 5.75 Å². The molecule has 1 aromatic carbocycles. The van der Waals surface area contributed by atoms with Crippen LogP contribution in [0.25, 0.3) is 11.4 Å². The zero-order chi connectivity index (χ0) is 13.8. The van der Waals surface area contributed by atoms with E-state index in [2.05, 4.69) is 9.97 Å². The van der Waals surface area contributed by atoms with Crippen molar-refractivity contribution in [3.8, 4) is 17.1 Å². The van der Waals surface area contributed by atoms with Crippen LogP contribution in [0.3, 0.4) is 0 Å². The van der Waals surface area contributed by atoms with Crippen molar-refractivity contribution in [1.29, 1.82) is 0 Å². The van der Waals surface area contributed by atoms with Gasteiger partial charge in [0.25, 0.3) is 0 Å². The third-order valence-electron chi connectivity index (χ3n) is 2.45. The number of rotatable bonds is 4. The van der Waals surface area contributed by atoms with Crippen molar-refractivity contribution in [2.24, 2.45) is 0 Å². The molecule has 0 fully saturated rings. The van der Waals surface area contributed by atoms with Crippen molar-refractivity contribution in [2.75, 3.05) is 14.2 Å². The molecular formula is C13H12ClFN2O2. The van der Waals surface area contributed by atoms with E-state index < -0.39 is 5.82 Å². The van der Waals surface area contributed by atoms with E-state index in [1.54, 1.807) is 19.2 Å². The summed E-state index contributed by atoms with van der Waals surface area (Å²) in [7, 11) is 2.97. The molecule has 0 radical (unpaired) electrons. The Kier molecular flexibility index (Phi) is 4.29. The fraction of sp³-hybridized carbons (Fsp3) is 0.231.